The average molecular weight is 249 g/mol. The van der Waals surface area contributed by atoms with E-state index in [1.807, 2.05) is 30.3 Å². The van der Waals surface area contributed by atoms with Gasteiger partial charge in [-0.25, -0.2) is 4.99 Å². The van der Waals surface area contributed by atoms with Crippen LogP contribution in [0.4, 0.5) is 0 Å². The van der Waals surface area contributed by atoms with Crippen LogP contribution in [0.2, 0.25) is 0 Å². The van der Waals surface area contributed by atoms with Gasteiger partial charge < -0.3 is 14.6 Å². The van der Waals surface area contributed by atoms with E-state index in [4.69, 9.17) is 9.47 Å². The van der Waals surface area contributed by atoms with Crippen molar-refractivity contribution in [1.29, 1.82) is 0 Å². The molecule has 0 bridgehead atoms. The van der Waals surface area contributed by atoms with E-state index in [2.05, 4.69) is 4.99 Å². The molecule has 1 aromatic carbocycles. The van der Waals surface area contributed by atoms with E-state index in [0.29, 0.717) is 5.90 Å². The number of aliphatic hydroxyl groups excluding tert-OH is 1. The summed E-state index contributed by atoms with van der Waals surface area (Å²) < 4.78 is 10.4. The highest BCUT2D eigenvalue weighted by molar-refractivity contribution is 5.95. The molecule has 0 saturated heterocycles. The molecule has 1 aliphatic heterocycles. The van der Waals surface area contributed by atoms with Gasteiger partial charge in [0.1, 0.15) is 13.2 Å². The van der Waals surface area contributed by atoms with Gasteiger partial charge in [-0.1, -0.05) is 18.2 Å². The van der Waals surface area contributed by atoms with Gasteiger partial charge in [0, 0.05) is 12.5 Å². The number of hydrogen-bond donors (Lipinski definition) is 1. The number of benzene rings is 1. The minimum Gasteiger partial charge on any atom is -0.475 e. The summed E-state index contributed by atoms with van der Waals surface area (Å²) in [6, 6.07) is 9.41. The first kappa shape index (κ1) is 12.6. The Labute approximate surface area is 105 Å². The second-order valence-electron chi connectivity index (χ2n) is 4.23. The third-order valence-corrected chi connectivity index (χ3v) is 2.68. The molecule has 18 heavy (non-hydrogen) atoms. The Balaban J connectivity index is 2.16. The van der Waals surface area contributed by atoms with Gasteiger partial charge in [-0.15, -0.1) is 0 Å². The molecular weight excluding hydrogens is 234 g/mol. The molecule has 1 unspecified atom stereocenters. The highest BCUT2D eigenvalue weighted by Crippen LogP contribution is 2.22. The fourth-order valence-electron chi connectivity index (χ4n) is 1.65. The van der Waals surface area contributed by atoms with Crippen LogP contribution in [0.5, 0.6) is 0 Å². The van der Waals surface area contributed by atoms with Gasteiger partial charge in [0.15, 0.2) is 5.54 Å². The van der Waals surface area contributed by atoms with Gasteiger partial charge in [0.05, 0.1) is 6.61 Å². The van der Waals surface area contributed by atoms with E-state index in [1.165, 1.54) is 6.92 Å². The lowest BCUT2D eigenvalue weighted by atomic mass is 10.1. The van der Waals surface area contributed by atoms with Crippen molar-refractivity contribution < 1.29 is 19.4 Å². The van der Waals surface area contributed by atoms with Crippen LogP contribution in [0, 0.1) is 0 Å². The van der Waals surface area contributed by atoms with Gasteiger partial charge in [-0.3, -0.25) is 4.79 Å². The van der Waals surface area contributed by atoms with E-state index in [1.54, 1.807) is 0 Å². The number of nitrogens with zero attached hydrogens (tertiary/aromatic N) is 1. The van der Waals surface area contributed by atoms with Crippen molar-refractivity contribution in [2.24, 2.45) is 4.99 Å². The molecule has 0 aromatic heterocycles. The van der Waals surface area contributed by atoms with Crippen LogP contribution in [0.25, 0.3) is 0 Å². The molecular formula is C13H15NO4. The van der Waals surface area contributed by atoms with Crippen molar-refractivity contribution in [3.05, 3.63) is 35.9 Å². The standard InChI is InChI=1S/C13H15NO4/c1-10(16)17-8-13(7-15)9-18-12(14-13)11-5-3-2-4-6-11/h2-6,15H,7-9H2,1H3. The molecule has 2 rings (SSSR count). The summed E-state index contributed by atoms with van der Waals surface area (Å²) in [7, 11) is 0. The molecule has 0 radical (unpaired) electrons. The summed E-state index contributed by atoms with van der Waals surface area (Å²) in [5.41, 5.74) is -0.0349. The van der Waals surface area contributed by atoms with Crippen molar-refractivity contribution in [1.82, 2.24) is 0 Å². The number of aliphatic hydroxyl groups is 1. The SMILES string of the molecule is CC(=O)OCC1(CO)COC(c2ccccc2)=N1. The van der Waals surface area contributed by atoms with Crippen molar-refractivity contribution in [2.45, 2.75) is 12.5 Å². The summed E-state index contributed by atoms with van der Waals surface area (Å²) in [4.78, 5) is 15.2. The van der Waals surface area contributed by atoms with Gasteiger partial charge in [0.2, 0.25) is 5.90 Å². The quantitative estimate of drug-likeness (QED) is 0.800. The third-order valence-electron chi connectivity index (χ3n) is 2.68. The number of carbonyl (C=O) groups is 1. The minimum absolute atomic E-state index is 0.0230. The van der Waals surface area contributed by atoms with Crippen molar-refractivity contribution >= 4 is 11.9 Å². The largest absolute Gasteiger partial charge is 0.475 e. The summed E-state index contributed by atoms with van der Waals surface area (Å²) in [6.07, 6.45) is 0. The van der Waals surface area contributed by atoms with E-state index >= 15 is 0 Å². The molecule has 5 nitrogen and oxygen atoms in total. The predicted octanol–water partition coefficient (Wildman–Crippen LogP) is 0.758. The molecule has 1 heterocycles. The monoisotopic (exact) mass is 249 g/mol. The van der Waals surface area contributed by atoms with Gasteiger partial charge >= 0.3 is 5.97 Å². The average Bonchev–Trinajstić information content (AvgIpc) is 2.83. The van der Waals surface area contributed by atoms with Gasteiger partial charge in [0.25, 0.3) is 0 Å². The Morgan fingerprint density at radius 3 is 2.83 bits per heavy atom. The van der Waals surface area contributed by atoms with E-state index in [0.717, 1.165) is 5.56 Å². The number of rotatable bonds is 4. The molecule has 1 atom stereocenters. The molecule has 0 aliphatic carbocycles. The van der Waals surface area contributed by atoms with Gasteiger partial charge in [-0.2, -0.15) is 0 Å². The zero-order valence-electron chi connectivity index (χ0n) is 10.1. The van der Waals surface area contributed by atoms with Crippen LogP contribution in [-0.2, 0) is 14.3 Å². The van der Waals surface area contributed by atoms with Crippen LogP contribution in [0.3, 0.4) is 0 Å². The highest BCUT2D eigenvalue weighted by Gasteiger charge is 2.38. The second kappa shape index (κ2) is 5.18. The third kappa shape index (κ3) is 2.68. The highest BCUT2D eigenvalue weighted by atomic mass is 16.5. The minimum atomic E-state index is -0.878. The summed E-state index contributed by atoms with van der Waals surface area (Å²) in [5, 5.41) is 9.42. The van der Waals surface area contributed by atoms with Crippen molar-refractivity contribution in [3.63, 3.8) is 0 Å². The predicted molar refractivity (Wildman–Crippen MR) is 65.4 cm³/mol. The maximum absolute atomic E-state index is 10.8. The number of aliphatic imine (C=N–C) groups is 1. The zero-order chi connectivity index (χ0) is 13.0. The molecule has 0 amide bonds. The molecule has 1 N–H and O–H groups in total. The topological polar surface area (TPSA) is 68.1 Å². The maximum Gasteiger partial charge on any atom is 0.302 e. The Morgan fingerprint density at radius 2 is 2.22 bits per heavy atom. The Hall–Kier alpha value is -1.88. The number of ether oxygens (including phenoxy) is 2. The van der Waals surface area contributed by atoms with Crippen molar-refractivity contribution in [3.8, 4) is 0 Å². The fourth-order valence-corrected chi connectivity index (χ4v) is 1.65. The van der Waals surface area contributed by atoms with Gasteiger partial charge in [-0.05, 0) is 12.1 Å². The molecule has 5 heteroatoms. The number of esters is 1. The first-order valence-electron chi connectivity index (χ1n) is 5.67. The molecule has 0 spiro atoms. The Kier molecular flexibility index (Phi) is 3.62. The number of hydrogen-bond acceptors (Lipinski definition) is 5. The maximum atomic E-state index is 10.8. The second-order valence-corrected chi connectivity index (χ2v) is 4.23. The summed E-state index contributed by atoms with van der Waals surface area (Å²) in [5.74, 6) is 0.0722. The van der Waals surface area contributed by atoms with E-state index in [-0.39, 0.29) is 19.8 Å². The normalized spacial score (nSPS) is 22.2. The summed E-state index contributed by atoms with van der Waals surface area (Å²) >= 11 is 0. The Morgan fingerprint density at radius 1 is 1.50 bits per heavy atom. The lowest BCUT2D eigenvalue weighted by molar-refractivity contribution is -0.143. The van der Waals surface area contributed by atoms with Crippen LogP contribution in [0.15, 0.2) is 35.3 Å². The van der Waals surface area contributed by atoms with Crippen LogP contribution < -0.4 is 0 Å². The van der Waals surface area contributed by atoms with Crippen LogP contribution >= 0.6 is 0 Å². The summed E-state index contributed by atoms with van der Waals surface area (Å²) in [6.45, 7) is 1.33. The zero-order valence-corrected chi connectivity index (χ0v) is 10.1. The lowest BCUT2D eigenvalue weighted by Gasteiger charge is -2.19. The van der Waals surface area contributed by atoms with E-state index < -0.39 is 11.5 Å². The molecule has 0 fully saturated rings. The Bertz CT molecular complexity index is 457. The molecule has 96 valence electrons. The molecule has 1 aliphatic rings. The molecule has 0 saturated carbocycles. The number of carbonyl (C=O) groups excluding carboxylic acids is 1. The smallest absolute Gasteiger partial charge is 0.302 e. The first-order valence-corrected chi connectivity index (χ1v) is 5.67. The molecule has 1 aromatic rings. The van der Waals surface area contributed by atoms with Crippen LogP contribution in [0.1, 0.15) is 12.5 Å². The fraction of sp³-hybridized carbons (Fsp3) is 0.385. The first-order chi connectivity index (χ1) is 8.65. The van der Waals surface area contributed by atoms with Crippen molar-refractivity contribution in [2.75, 3.05) is 19.8 Å². The van der Waals surface area contributed by atoms with E-state index in [9.17, 15) is 9.90 Å². The lowest BCUT2D eigenvalue weighted by Crippen LogP contribution is -2.39. The van der Waals surface area contributed by atoms with Crippen LogP contribution in [-0.4, -0.2) is 42.3 Å².